The highest BCUT2D eigenvalue weighted by atomic mass is 15.1. The van der Waals surface area contributed by atoms with Crippen molar-refractivity contribution in [3.63, 3.8) is 0 Å². The third-order valence-electron chi connectivity index (χ3n) is 3.78. The topological polar surface area (TPSA) is 42.6 Å². The van der Waals surface area contributed by atoms with E-state index in [2.05, 4.69) is 39.1 Å². The number of hydrogen-bond acceptors (Lipinski definition) is 4. The van der Waals surface area contributed by atoms with Crippen molar-refractivity contribution in [2.75, 3.05) is 38.0 Å². The summed E-state index contributed by atoms with van der Waals surface area (Å²) >= 11 is 0. The highest BCUT2D eigenvalue weighted by molar-refractivity contribution is 5.69. The minimum absolute atomic E-state index is 0.252. The summed E-state index contributed by atoms with van der Waals surface area (Å²) in [6.45, 7) is 0. The number of hydrogen-bond donors (Lipinski definition) is 0. The van der Waals surface area contributed by atoms with E-state index in [4.69, 9.17) is 0 Å². The number of aliphatic imine (C=N–C) groups is 1. The molecule has 1 unspecified atom stereocenters. The van der Waals surface area contributed by atoms with Crippen LogP contribution in [0, 0.1) is 17.2 Å². The Labute approximate surface area is 144 Å². The van der Waals surface area contributed by atoms with Gasteiger partial charge in [0.25, 0.3) is 0 Å². The van der Waals surface area contributed by atoms with Crippen LogP contribution in [0.3, 0.4) is 0 Å². The summed E-state index contributed by atoms with van der Waals surface area (Å²) < 4.78 is 0. The van der Waals surface area contributed by atoms with Crippen molar-refractivity contribution in [2.24, 2.45) is 10.9 Å². The summed E-state index contributed by atoms with van der Waals surface area (Å²) in [5.41, 5.74) is 4.27. The second-order valence-corrected chi connectivity index (χ2v) is 6.20. The van der Waals surface area contributed by atoms with E-state index in [0.717, 1.165) is 22.6 Å². The molecule has 1 atom stereocenters. The number of benzene rings is 2. The molecule has 0 heterocycles. The van der Waals surface area contributed by atoms with Crippen molar-refractivity contribution in [3.8, 4) is 6.07 Å². The molecule has 0 aliphatic heterocycles. The van der Waals surface area contributed by atoms with Gasteiger partial charge in [-0.05, 0) is 42.3 Å². The van der Waals surface area contributed by atoms with Crippen molar-refractivity contribution >= 4 is 23.3 Å². The molecular formula is C20H24N4. The molecule has 124 valence electrons. The fourth-order valence-electron chi connectivity index (χ4n) is 2.37. The number of rotatable bonds is 6. The standard InChI is InChI=1S/C20H24N4/c1-23(2)19-11-16(12-20(13-19)24(3)4)10-17(14-21)15-22-18-8-6-5-7-9-18/h5-9,11-13,15,17H,10H2,1-4H3. The summed E-state index contributed by atoms with van der Waals surface area (Å²) in [6.07, 6.45) is 2.39. The summed E-state index contributed by atoms with van der Waals surface area (Å²) in [4.78, 5) is 8.58. The lowest BCUT2D eigenvalue weighted by Crippen LogP contribution is -2.14. The number of para-hydroxylation sites is 1. The molecule has 4 nitrogen and oxygen atoms in total. The largest absolute Gasteiger partial charge is 0.378 e. The first-order valence-electron chi connectivity index (χ1n) is 7.97. The normalized spacial score (nSPS) is 12.0. The van der Waals surface area contributed by atoms with E-state index in [1.54, 1.807) is 6.21 Å². The molecule has 0 amide bonds. The minimum Gasteiger partial charge on any atom is -0.378 e. The van der Waals surface area contributed by atoms with Crippen LogP contribution < -0.4 is 9.80 Å². The SMILES string of the molecule is CN(C)c1cc(CC(C#N)C=Nc2ccccc2)cc(N(C)C)c1. The lowest BCUT2D eigenvalue weighted by molar-refractivity contribution is 0.877. The molecule has 0 saturated carbocycles. The maximum absolute atomic E-state index is 9.46. The molecule has 2 aromatic rings. The Kier molecular flexibility index (Phi) is 5.97. The smallest absolute Gasteiger partial charge is 0.0856 e. The Hall–Kier alpha value is -2.80. The average molecular weight is 320 g/mol. The van der Waals surface area contributed by atoms with Crippen LogP contribution in [0.15, 0.2) is 53.5 Å². The molecule has 2 aromatic carbocycles. The highest BCUT2D eigenvalue weighted by Gasteiger charge is 2.10. The monoisotopic (exact) mass is 320 g/mol. The Morgan fingerprint density at radius 2 is 1.58 bits per heavy atom. The van der Waals surface area contributed by atoms with Gasteiger partial charge in [-0.1, -0.05) is 18.2 Å². The zero-order valence-electron chi connectivity index (χ0n) is 14.8. The van der Waals surface area contributed by atoms with Crippen LogP contribution in [0.5, 0.6) is 0 Å². The Balaban J connectivity index is 2.21. The molecule has 0 bridgehead atoms. The van der Waals surface area contributed by atoms with Gasteiger partial charge >= 0.3 is 0 Å². The first kappa shape index (κ1) is 17.6. The Bertz CT molecular complexity index is 701. The second-order valence-electron chi connectivity index (χ2n) is 6.20. The van der Waals surface area contributed by atoms with Crippen LogP contribution in [0.2, 0.25) is 0 Å². The van der Waals surface area contributed by atoms with Gasteiger partial charge in [-0.2, -0.15) is 5.26 Å². The zero-order valence-corrected chi connectivity index (χ0v) is 14.8. The summed E-state index contributed by atoms with van der Waals surface area (Å²) in [6, 6.07) is 18.5. The lowest BCUT2D eigenvalue weighted by atomic mass is 10.00. The van der Waals surface area contributed by atoms with Crippen molar-refractivity contribution < 1.29 is 0 Å². The van der Waals surface area contributed by atoms with E-state index in [9.17, 15) is 5.26 Å². The number of nitrogens with zero attached hydrogens (tertiary/aromatic N) is 4. The maximum atomic E-state index is 9.46. The molecule has 0 fully saturated rings. The third-order valence-corrected chi connectivity index (χ3v) is 3.78. The third kappa shape index (κ3) is 4.85. The van der Waals surface area contributed by atoms with Gasteiger partial charge in [0.05, 0.1) is 17.7 Å². The second kappa shape index (κ2) is 8.16. The van der Waals surface area contributed by atoms with E-state index in [0.29, 0.717) is 6.42 Å². The van der Waals surface area contributed by atoms with E-state index < -0.39 is 0 Å². The summed E-state index contributed by atoms with van der Waals surface area (Å²) in [7, 11) is 8.10. The van der Waals surface area contributed by atoms with Gasteiger partial charge in [0, 0.05) is 45.8 Å². The molecule has 2 rings (SSSR count). The Morgan fingerprint density at radius 1 is 1.00 bits per heavy atom. The van der Waals surface area contributed by atoms with Crippen molar-refractivity contribution in [1.82, 2.24) is 0 Å². The van der Waals surface area contributed by atoms with Crippen molar-refractivity contribution in [2.45, 2.75) is 6.42 Å². The first-order valence-corrected chi connectivity index (χ1v) is 7.97. The fraction of sp³-hybridized carbons (Fsp3) is 0.300. The van der Waals surface area contributed by atoms with Crippen LogP contribution in [0.1, 0.15) is 5.56 Å². The lowest BCUT2D eigenvalue weighted by Gasteiger charge is -2.20. The average Bonchev–Trinajstić information content (AvgIpc) is 2.59. The minimum atomic E-state index is -0.252. The molecule has 0 N–H and O–H groups in total. The Morgan fingerprint density at radius 3 is 2.08 bits per heavy atom. The van der Waals surface area contributed by atoms with Crippen LogP contribution in [0.25, 0.3) is 0 Å². The van der Waals surface area contributed by atoms with Crippen LogP contribution in [-0.4, -0.2) is 34.4 Å². The van der Waals surface area contributed by atoms with E-state index in [1.807, 2.05) is 58.5 Å². The number of nitriles is 1. The van der Waals surface area contributed by atoms with E-state index in [1.165, 1.54) is 0 Å². The van der Waals surface area contributed by atoms with E-state index in [-0.39, 0.29) is 5.92 Å². The summed E-state index contributed by atoms with van der Waals surface area (Å²) in [5, 5.41) is 9.46. The highest BCUT2D eigenvalue weighted by Crippen LogP contribution is 2.24. The maximum Gasteiger partial charge on any atom is 0.0856 e. The van der Waals surface area contributed by atoms with Crippen molar-refractivity contribution in [3.05, 3.63) is 54.1 Å². The van der Waals surface area contributed by atoms with Crippen LogP contribution >= 0.6 is 0 Å². The quantitative estimate of drug-likeness (QED) is 0.758. The van der Waals surface area contributed by atoms with Gasteiger partial charge in [-0.15, -0.1) is 0 Å². The zero-order chi connectivity index (χ0) is 17.5. The molecule has 0 aliphatic rings. The number of anilines is 2. The van der Waals surface area contributed by atoms with Gasteiger partial charge in [-0.25, -0.2) is 0 Å². The predicted molar refractivity (Wildman–Crippen MR) is 102 cm³/mol. The molecule has 0 radical (unpaired) electrons. The van der Waals surface area contributed by atoms with Crippen molar-refractivity contribution in [1.29, 1.82) is 5.26 Å². The van der Waals surface area contributed by atoms with E-state index >= 15 is 0 Å². The van der Waals surface area contributed by atoms with Gasteiger partial charge in [0.1, 0.15) is 0 Å². The molecule has 24 heavy (non-hydrogen) atoms. The first-order chi connectivity index (χ1) is 11.5. The van der Waals surface area contributed by atoms with Crippen LogP contribution in [-0.2, 0) is 6.42 Å². The van der Waals surface area contributed by atoms with Gasteiger partial charge in [0.15, 0.2) is 0 Å². The fourth-order valence-corrected chi connectivity index (χ4v) is 2.37. The van der Waals surface area contributed by atoms with Gasteiger partial charge < -0.3 is 9.80 Å². The van der Waals surface area contributed by atoms with Crippen LogP contribution in [0.4, 0.5) is 17.1 Å². The molecule has 0 aliphatic carbocycles. The molecule has 0 aromatic heterocycles. The molecular weight excluding hydrogens is 296 g/mol. The molecule has 0 spiro atoms. The summed E-state index contributed by atoms with van der Waals surface area (Å²) in [5.74, 6) is -0.252. The molecule has 0 saturated heterocycles. The van der Waals surface area contributed by atoms with Gasteiger partial charge in [-0.3, -0.25) is 4.99 Å². The predicted octanol–water partition coefficient (Wildman–Crippen LogP) is 3.90. The molecule has 4 heteroatoms. The van der Waals surface area contributed by atoms with Gasteiger partial charge in [0.2, 0.25) is 0 Å².